The average molecular weight is 143 g/mol. The Hall–Kier alpha value is -0.340. The molecule has 2 nitrogen and oxygen atoms in total. The first-order valence-electron chi connectivity index (χ1n) is 3.55. The van der Waals surface area contributed by atoms with Gasteiger partial charge in [-0.3, -0.25) is 0 Å². The van der Waals surface area contributed by atoms with Crippen molar-refractivity contribution >= 4 is 0 Å². The van der Waals surface area contributed by atoms with Crippen LogP contribution in [0.5, 0.6) is 0 Å². The highest BCUT2D eigenvalue weighted by Gasteiger charge is 1.94. The van der Waals surface area contributed by atoms with Gasteiger partial charge in [0.2, 0.25) is 0 Å². The Morgan fingerprint density at radius 2 is 2.20 bits per heavy atom. The Kier molecular flexibility index (Phi) is 5.26. The van der Waals surface area contributed by atoms with E-state index in [0.717, 1.165) is 13.2 Å². The van der Waals surface area contributed by atoms with E-state index >= 15 is 0 Å². The molecule has 60 valence electrons. The van der Waals surface area contributed by atoms with Crippen molar-refractivity contribution in [3.05, 3.63) is 12.7 Å². The van der Waals surface area contributed by atoms with Gasteiger partial charge in [0.15, 0.2) is 0 Å². The van der Waals surface area contributed by atoms with E-state index in [-0.39, 0.29) is 6.10 Å². The monoisotopic (exact) mass is 143 g/mol. The maximum atomic E-state index is 5.34. The van der Waals surface area contributed by atoms with Gasteiger partial charge in [0.1, 0.15) is 0 Å². The molecule has 2 heteroatoms. The van der Waals surface area contributed by atoms with Crippen LogP contribution in [-0.2, 0) is 4.74 Å². The van der Waals surface area contributed by atoms with Crippen LogP contribution in [0.4, 0.5) is 0 Å². The van der Waals surface area contributed by atoms with Gasteiger partial charge in [-0.15, -0.1) is 6.58 Å². The first-order chi connectivity index (χ1) is 4.66. The third kappa shape index (κ3) is 5.79. The van der Waals surface area contributed by atoms with Gasteiger partial charge < -0.3 is 9.64 Å². The topological polar surface area (TPSA) is 12.5 Å². The van der Waals surface area contributed by atoms with Gasteiger partial charge in [-0.05, 0) is 21.0 Å². The lowest BCUT2D eigenvalue weighted by Gasteiger charge is -2.11. The lowest BCUT2D eigenvalue weighted by molar-refractivity contribution is 0.0848. The van der Waals surface area contributed by atoms with Gasteiger partial charge in [0.05, 0.1) is 12.7 Å². The number of likely N-dealkylation sites (N-methyl/N-ethyl adjacent to an activating group) is 1. The van der Waals surface area contributed by atoms with Gasteiger partial charge in [0.25, 0.3) is 0 Å². The van der Waals surface area contributed by atoms with Crippen molar-refractivity contribution in [1.82, 2.24) is 4.90 Å². The maximum Gasteiger partial charge on any atom is 0.0725 e. The van der Waals surface area contributed by atoms with Crippen LogP contribution in [0.25, 0.3) is 0 Å². The van der Waals surface area contributed by atoms with Gasteiger partial charge in [-0.1, -0.05) is 6.08 Å². The fourth-order valence-corrected chi connectivity index (χ4v) is 0.489. The number of hydrogen-bond acceptors (Lipinski definition) is 2. The Bertz CT molecular complexity index is 91.3. The summed E-state index contributed by atoms with van der Waals surface area (Å²) < 4.78 is 5.34. The summed E-state index contributed by atoms with van der Waals surface area (Å²) in [5.74, 6) is 0. The molecule has 0 rings (SSSR count). The summed E-state index contributed by atoms with van der Waals surface area (Å²) in [7, 11) is 4.06. The number of ether oxygens (including phenoxy) is 1. The second-order valence-corrected chi connectivity index (χ2v) is 2.61. The van der Waals surface area contributed by atoms with Crippen molar-refractivity contribution in [3.8, 4) is 0 Å². The standard InChI is InChI=1S/C8H17NO/c1-5-8(2)10-7-6-9(3)4/h5,8H,1,6-7H2,2-4H3. The molecule has 0 fully saturated rings. The Morgan fingerprint density at radius 1 is 1.60 bits per heavy atom. The molecule has 0 aromatic rings. The molecule has 0 radical (unpaired) electrons. The Morgan fingerprint density at radius 3 is 2.60 bits per heavy atom. The largest absolute Gasteiger partial charge is 0.373 e. The van der Waals surface area contributed by atoms with Gasteiger partial charge >= 0.3 is 0 Å². The number of nitrogens with zero attached hydrogens (tertiary/aromatic N) is 1. The fraction of sp³-hybridized carbons (Fsp3) is 0.750. The molecular formula is C8H17NO. The number of hydrogen-bond donors (Lipinski definition) is 0. The quantitative estimate of drug-likeness (QED) is 0.535. The maximum absolute atomic E-state index is 5.34. The first kappa shape index (κ1) is 9.66. The summed E-state index contributed by atoms with van der Waals surface area (Å²) in [6.07, 6.45) is 1.98. The summed E-state index contributed by atoms with van der Waals surface area (Å²) in [5.41, 5.74) is 0. The molecular weight excluding hydrogens is 126 g/mol. The molecule has 0 amide bonds. The molecule has 0 aliphatic rings. The molecule has 0 saturated carbocycles. The minimum Gasteiger partial charge on any atom is -0.373 e. The smallest absolute Gasteiger partial charge is 0.0725 e. The van der Waals surface area contributed by atoms with E-state index in [2.05, 4.69) is 11.5 Å². The molecule has 0 saturated heterocycles. The zero-order valence-electron chi connectivity index (χ0n) is 7.13. The highest BCUT2D eigenvalue weighted by atomic mass is 16.5. The van der Waals surface area contributed by atoms with E-state index in [1.54, 1.807) is 6.08 Å². The summed E-state index contributed by atoms with van der Waals surface area (Å²) in [5, 5.41) is 0. The Labute approximate surface area is 63.5 Å². The van der Waals surface area contributed by atoms with E-state index in [1.807, 2.05) is 21.0 Å². The van der Waals surface area contributed by atoms with Gasteiger partial charge in [-0.2, -0.15) is 0 Å². The van der Waals surface area contributed by atoms with Crippen molar-refractivity contribution in [2.24, 2.45) is 0 Å². The summed E-state index contributed by atoms with van der Waals surface area (Å²) in [4.78, 5) is 2.09. The minimum atomic E-state index is 0.181. The van der Waals surface area contributed by atoms with Crippen molar-refractivity contribution in [2.75, 3.05) is 27.2 Å². The lowest BCUT2D eigenvalue weighted by Crippen LogP contribution is -2.20. The second kappa shape index (κ2) is 5.45. The highest BCUT2D eigenvalue weighted by Crippen LogP contribution is 1.90. The SMILES string of the molecule is C=CC(C)OCCN(C)C. The molecule has 0 aliphatic carbocycles. The zero-order valence-corrected chi connectivity index (χ0v) is 7.13. The molecule has 10 heavy (non-hydrogen) atoms. The third-order valence-electron chi connectivity index (χ3n) is 1.25. The number of rotatable bonds is 5. The van der Waals surface area contributed by atoms with Crippen LogP contribution in [0.15, 0.2) is 12.7 Å². The fourth-order valence-electron chi connectivity index (χ4n) is 0.489. The third-order valence-corrected chi connectivity index (χ3v) is 1.25. The van der Waals surface area contributed by atoms with Crippen LogP contribution < -0.4 is 0 Å². The van der Waals surface area contributed by atoms with Crippen LogP contribution in [-0.4, -0.2) is 38.3 Å². The lowest BCUT2D eigenvalue weighted by atomic mass is 10.4. The molecule has 0 heterocycles. The highest BCUT2D eigenvalue weighted by molar-refractivity contribution is 4.74. The van der Waals surface area contributed by atoms with E-state index in [4.69, 9.17) is 4.74 Å². The van der Waals surface area contributed by atoms with Crippen LogP contribution in [0, 0.1) is 0 Å². The molecule has 0 aromatic heterocycles. The molecule has 0 N–H and O–H groups in total. The minimum absolute atomic E-state index is 0.181. The average Bonchev–Trinajstić information content (AvgIpc) is 1.87. The van der Waals surface area contributed by atoms with Crippen LogP contribution in [0.2, 0.25) is 0 Å². The van der Waals surface area contributed by atoms with Crippen LogP contribution in [0.1, 0.15) is 6.92 Å². The molecule has 0 aromatic carbocycles. The molecule has 0 spiro atoms. The van der Waals surface area contributed by atoms with Gasteiger partial charge in [0, 0.05) is 6.54 Å². The summed E-state index contributed by atoms with van der Waals surface area (Å²) in [6.45, 7) is 7.36. The van der Waals surface area contributed by atoms with Crippen molar-refractivity contribution < 1.29 is 4.74 Å². The first-order valence-corrected chi connectivity index (χ1v) is 3.55. The molecule has 0 bridgehead atoms. The van der Waals surface area contributed by atoms with E-state index in [1.165, 1.54) is 0 Å². The molecule has 1 atom stereocenters. The normalized spacial score (nSPS) is 13.6. The van der Waals surface area contributed by atoms with Crippen LogP contribution >= 0.6 is 0 Å². The van der Waals surface area contributed by atoms with Crippen molar-refractivity contribution in [3.63, 3.8) is 0 Å². The van der Waals surface area contributed by atoms with E-state index in [0.29, 0.717) is 0 Å². The van der Waals surface area contributed by atoms with Crippen molar-refractivity contribution in [1.29, 1.82) is 0 Å². The Balaban J connectivity index is 3.11. The van der Waals surface area contributed by atoms with E-state index in [9.17, 15) is 0 Å². The molecule has 0 aliphatic heterocycles. The van der Waals surface area contributed by atoms with E-state index < -0.39 is 0 Å². The predicted molar refractivity (Wildman–Crippen MR) is 44.2 cm³/mol. The van der Waals surface area contributed by atoms with Crippen LogP contribution in [0.3, 0.4) is 0 Å². The molecule has 1 unspecified atom stereocenters. The van der Waals surface area contributed by atoms with Gasteiger partial charge in [-0.25, -0.2) is 0 Å². The summed E-state index contributed by atoms with van der Waals surface area (Å²) >= 11 is 0. The predicted octanol–water partition coefficient (Wildman–Crippen LogP) is 1.14. The summed E-state index contributed by atoms with van der Waals surface area (Å²) in [6, 6.07) is 0. The second-order valence-electron chi connectivity index (χ2n) is 2.61. The zero-order chi connectivity index (χ0) is 7.98. The van der Waals surface area contributed by atoms with Crippen molar-refractivity contribution in [2.45, 2.75) is 13.0 Å².